The molecular weight excluding hydrogens is 357 g/mol. The van der Waals surface area contributed by atoms with E-state index in [1.165, 1.54) is 0 Å². The third-order valence-corrected chi connectivity index (χ3v) is 4.48. The molecular formula is C20H17Cl2NO2. The lowest BCUT2D eigenvalue weighted by Gasteiger charge is -2.22. The topological polar surface area (TPSA) is 33.5 Å². The molecule has 128 valence electrons. The smallest absolute Gasteiger partial charge is 0.231 e. The first-order valence-corrected chi connectivity index (χ1v) is 8.62. The summed E-state index contributed by atoms with van der Waals surface area (Å²) in [5, 5.41) is 1.04. The van der Waals surface area contributed by atoms with Crippen molar-refractivity contribution in [1.82, 2.24) is 0 Å². The van der Waals surface area contributed by atoms with Crippen LogP contribution in [0.1, 0.15) is 16.9 Å². The van der Waals surface area contributed by atoms with Gasteiger partial charge in [0.1, 0.15) is 5.76 Å². The number of carbonyl (C=O) groups is 1. The van der Waals surface area contributed by atoms with Crippen molar-refractivity contribution >= 4 is 34.8 Å². The summed E-state index contributed by atoms with van der Waals surface area (Å²) in [6, 6.07) is 16.6. The van der Waals surface area contributed by atoms with Crippen LogP contribution in [0.2, 0.25) is 10.0 Å². The quantitative estimate of drug-likeness (QED) is 0.577. The minimum absolute atomic E-state index is 0.0653. The Balaban J connectivity index is 1.87. The average Bonchev–Trinajstić information content (AvgIpc) is 3.09. The van der Waals surface area contributed by atoms with Gasteiger partial charge in [0.25, 0.3) is 0 Å². The Morgan fingerprint density at radius 3 is 2.48 bits per heavy atom. The van der Waals surface area contributed by atoms with E-state index in [1.54, 1.807) is 29.4 Å². The fourth-order valence-corrected chi connectivity index (χ4v) is 3.01. The number of nitrogens with zero attached hydrogens (tertiary/aromatic N) is 1. The second-order valence-corrected chi connectivity index (χ2v) is 6.65. The predicted octanol–water partition coefficient (Wildman–Crippen LogP) is 5.67. The number of anilines is 1. The first-order chi connectivity index (χ1) is 12.0. The molecule has 0 radical (unpaired) electrons. The van der Waals surface area contributed by atoms with E-state index in [0.29, 0.717) is 16.6 Å². The summed E-state index contributed by atoms with van der Waals surface area (Å²) in [5.74, 6) is 0.653. The van der Waals surface area contributed by atoms with Crippen molar-refractivity contribution in [3.63, 3.8) is 0 Å². The van der Waals surface area contributed by atoms with Crippen LogP contribution in [0.3, 0.4) is 0 Å². The van der Waals surface area contributed by atoms with E-state index in [2.05, 4.69) is 0 Å². The van der Waals surface area contributed by atoms with Crippen LogP contribution in [0.15, 0.2) is 65.3 Å². The number of hydrogen-bond acceptors (Lipinski definition) is 2. The highest BCUT2D eigenvalue weighted by molar-refractivity contribution is 6.35. The molecule has 0 saturated heterocycles. The molecule has 2 aromatic carbocycles. The van der Waals surface area contributed by atoms with E-state index in [9.17, 15) is 4.79 Å². The summed E-state index contributed by atoms with van der Waals surface area (Å²) in [6.07, 6.45) is 1.79. The Bertz CT molecular complexity index is 858. The van der Waals surface area contributed by atoms with Crippen LogP contribution in [0.5, 0.6) is 0 Å². The zero-order valence-electron chi connectivity index (χ0n) is 13.7. The maximum absolute atomic E-state index is 13.0. The summed E-state index contributed by atoms with van der Waals surface area (Å²) < 4.78 is 5.41. The molecule has 5 heteroatoms. The van der Waals surface area contributed by atoms with Crippen LogP contribution in [0.25, 0.3) is 0 Å². The van der Waals surface area contributed by atoms with Crippen molar-refractivity contribution in [2.45, 2.75) is 19.9 Å². The van der Waals surface area contributed by atoms with Crippen LogP contribution >= 0.6 is 23.2 Å². The Morgan fingerprint density at radius 1 is 1.08 bits per heavy atom. The Kier molecular flexibility index (Phi) is 5.47. The van der Waals surface area contributed by atoms with Crippen molar-refractivity contribution in [2.24, 2.45) is 0 Å². The molecule has 0 atom stereocenters. The number of halogens is 2. The van der Waals surface area contributed by atoms with Crippen LogP contribution in [0.4, 0.5) is 5.69 Å². The van der Waals surface area contributed by atoms with Gasteiger partial charge in [0.05, 0.1) is 19.2 Å². The maximum atomic E-state index is 13.0. The molecule has 0 spiro atoms. The fourth-order valence-electron chi connectivity index (χ4n) is 2.53. The second kappa shape index (κ2) is 7.77. The number of hydrogen-bond donors (Lipinski definition) is 0. The average molecular weight is 374 g/mol. The highest BCUT2D eigenvalue weighted by atomic mass is 35.5. The number of benzene rings is 2. The van der Waals surface area contributed by atoms with E-state index in [4.69, 9.17) is 27.6 Å². The zero-order valence-corrected chi connectivity index (χ0v) is 15.2. The van der Waals surface area contributed by atoms with Gasteiger partial charge in [-0.2, -0.15) is 0 Å². The van der Waals surface area contributed by atoms with E-state index < -0.39 is 0 Å². The molecule has 0 unspecified atom stereocenters. The van der Waals surface area contributed by atoms with Gasteiger partial charge in [0.2, 0.25) is 5.91 Å². The second-order valence-electron chi connectivity index (χ2n) is 5.81. The van der Waals surface area contributed by atoms with Gasteiger partial charge in [-0.15, -0.1) is 0 Å². The largest absolute Gasteiger partial charge is 0.467 e. The fraction of sp³-hybridized carbons (Fsp3) is 0.150. The highest BCUT2D eigenvalue weighted by Crippen LogP contribution is 2.24. The normalized spacial score (nSPS) is 10.7. The van der Waals surface area contributed by atoms with Gasteiger partial charge >= 0.3 is 0 Å². The van der Waals surface area contributed by atoms with E-state index in [0.717, 1.165) is 22.6 Å². The Hall–Kier alpha value is -2.23. The van der Waals surface area contributed by atoms with Crippen molar-refractivity contribution < 1.29 is 9.21 Å². The molecule has 1 aromatic heterocycles. The number of amides is 1. The third-order valence-electron chi connectivity index (χ3n) is 3.90. The van der Waals surface area contributed by atoms with Gasteiger partial charge in [0.15, 0.2) is 0 Å². The summed E-state index contributed by atoms with van der Waals surface area (Å²) in [6.45, 7) is 2.37. The minimum Gasteiger partial charge on any atom is -0.467 e. The van der Waals surface area contributed by atoms with Crippen molar-refractivity contribution in [2.75, 3.05) is 4.90 Å². The molecule has 0 N–H and O–H groups in total. The van der Waals surface area contributed by atoms with Gasteiger partial charge in [-0.1, -0.05) is 47.0 Å². The van der Waals surface area contributed by atoms with Gasteiger partial charge < -0.3 is 9.32 Å². The SMILES string of the molecule is Cc1ccc(N(Cc2ccco2)C(=O)Cc2ccc(Cl)cc2Cl)cc1. The molecule has 1 heterocycles. The number of aryl methyl sites for hydroxylation is 1. The summed E-state index contributed by atoms with van der Waals surface area (Å²) in [7, 11) is 0. The van der Waals surface area contributed by atoms with Crippen molar-refractivity contribution in [3.8, 4) is 0 Å². The summed E-state index contributed by atoms with van der Waals surface area (Å²) >= 11 is 12.1. The molecule has 0 aliphatic carbocycles. The monoisotopic (exact) mass is 373 g/mol. The Morgan fingerprint density at radius 2 is 1.84 bits per heavy atom. The molecule has 0 aliphatic heterocycles. The highest BCUT2D eigenvalue weighted by Gasteiger charge is 2.19. The lowest BCUT2D eigenvalue weighted by molar-refractivity contribution is -0.118. The molecule has 1 amide bonds. The van der Waals surface area contributed by atoms with Crippen LogP contribution < -0.4 is 4.90 Å². The molecule has 0 saturated carbocycles. The molecule has 0 aliphatic rings. The maximum Gasteiger partial charge on any atom is 0.231 e. The van der Waals surface area contributed by atoms with E-state index >= 15 is 0 Å². The first-order valence-electron chi connectivity index (χ1n) is 7.86. The van der Waals surface area contributed by atoms with E-state index in [1.807, 2.05) is 43.3 Å². The van der Waals surface area contributed by atoms with Gasteiger partial charge in [-0.3, -0.25) is 4.79 Å². The summed E-state index contributed by atoms with van der Waals surface area (Å²) in [5.41, 5.74) is 2.69. The third kappa shape index (κ3) is 4.44. The molecule has 3 nitrogen and oxygen atoms in total. The van der Waals surface area contributed by atoms with Gasteiger partial charge in [-0.05, 0) is 48.9 Å². The van der Waals surface area contributed by atoms with Crippen molar-refractivity contribution in [1.29, 1.82) is 0 Å². The van der Waals surface area contributed by atoms with E-state index in [-0.39, 0.29) is 12.3 Å². The lowest BCUT2D eigenvalue weighted by Crippen LogP contribution is -2.31. The number of furan rings is 1. The molecule has 0 fully saturated rings. The standard InChI is InChI=1S/C20H17Cl2NO2/c1-14-4-8-17(9-5-14)23(13-18-3-2-10-25-18)20(24)11-15-6-7-16(21)12-19(15)22/h2-10,12H,11,13H2,1H3. The number of carbonyl (C=O) groups excluding carboxylic acids is 1. The number of rotatable bonds is 5. The van der Waals surface area contributed by atoms with Crippen LogP contribution in [-0.2, 0) is 17.8 Å². The van der Waals surface area contributed by atoms with Gasteiger partial charge in [-0.25, -0.2) is 0 Å². The molecule has 3 aromatic rings. The van der Waals surface area contributed by atoms with Crippen molar-refractivity contribution in [3.05, 3.63) is 87.8 Å². The molecule has 25 heavy (non-hydrogen) atoms. The van der Waals surface area contributed by atoms with Gasteiger partial charge in [0, 0.05) is 15.7 Å². The lowest BCUT2D eigenvalue weighted by atomic mass is 10.1. The Labute approximate surface area is 156 Å². The van der Waals surface area contributed by atoms with Crippen LogP contribution in [0, 0.1) is 6.92 Å². The van der Waals surface area contributed by atoms with Crippen LogP contribution in [-0.4, -0.2) is 5.91 Å². The summed E-state index contributed by atoms with van der Waals surface area (Å²) in [4.78, 5) is 14.7. The minimum atomic E-state index is -0.0653. The molecule has 3 rings (SSSR count). The zero-order chi connectivity index (χ0) is 17.8. The first kappa shape index (κ1) is 17.6. The predicted molar refractivity (Wildman–Crippen MR) is 101 cm³/mol. The molecule has 0 bridgehead atoms.